The molecular weight excluding hydrogens is 997 g/mol. The second kappa shape index (κ2) is 36.0. The van der Waals surface area contributed by atoms with Crippen molar-refractivity contribution in [2.24, 2.45) is 0 Å². The molecule has 16 nitrogen and oxygen atoms in total. The Hall–Kier alpha value is -6.32. The van der Waals surface area contributed by atoms with Crippen LogP contribution in [0.5, 0.6) is 11.5 Å². The van der Waals surface area contributed by atoms with Crippen LogP contribution in [-0.2, 0) is 56.8 Å². The van der Waals surface area contributed by atoms with E-state index in [9.17, 15) is 0 Å². The van der Waals surface area contributed by atoms with Gasteiger partial charge in [-0.3, -0.25) is 0 Å². The topological polar surface area (TPSA) is 155 Å². The first-order chi connectivity index (χ1) is 38.7. The molecule has 16 heteroatoms. The first-order valence-corrected chi connectivity index (χ1v) is 26.5. The van der Waals surface area contributed by atoms with Crippen LogP contribution in [0, 0.1) is 23.7 Å². The third kappa shape index (κ3) is 21.1. The van der Waals surface area contributed by atoms with E-state index in [1.165, 1.54) is 0 Å². The average Bonchev–Trinajstić information content (AvgIpc) is 3.67. The molecule has 0 radical (unpaired) electrons. The van der Waals surface area contributed by atoms with Gasteiger partial charge in [0.15, 0.2) is 0 Å². The van der Waals surface area contributed by atoms with Crippen molar-refractivity contribution in [2.45, 2.75) is 0 Å². The predicted molar refractivity (Wildman–Crippen MR) is 300 cm³/mol. The van der Waals surface area contributed by atoms with Gasteiger partial charge in [-0.2, -0.15) is 0 Å². The van der Waals surface area contributed by atoms with Crippen molar-refractivity contribution in [1.82, 2.24) is 9.97 Å². The van der Waals surface area contributed by atoms with E-state index in [0.29, 0.717) is 159 Å². The summed E-state index contributed by atoms with van der Waals surface area (Å²) < 4.78 is 76.9. The monoisotopic (exact) mass is 1070 g/mol. The Kier molecular flexibility index (Phi) is 27.4. The Morgan fingerprint density at radius 1 is 0.282 bits per heavy atom. The maximum absolute atomic E-state index is 5.90. The number of nitrogens with zero attached hydrogens (tertiary/aromatic N) is 2. The van der Waals surface area contributed by atoms with Crippen LogP contribution in [-0.4, -0.2) is 183 Å². The third-order valence-corrected chi connectivity index (χ3v) is 11.7. The van der Waals surface area contributed by atoms with Gasteiger partial charge in [0.2, 0.25) is 0 Å². The summed E-state index contributed by atoms with van der Waals surface area (Å²) in [6.45, 7) is 12.1. The lowest BCUT2D eigenvalue weighted by atomic mass is 9.96. The highest BCUT2D eigenvalue weighted by atomic mass is 16.6. The largest absolute Gasteiger partial charge is 0.491 e. The fourth-order valence-corrected chi connectivity index (χ4v) is 7.72. The maximum Gasteiger partial charge on any atom is 0.119 e. The van der Waals surface area contributed by atoms with Crippen molar-refractivity contribution in [3.63, 3.8) is 0 Å². The lowest BCUT2D eigenvalue weighted by Gasteiger charge is -2.11. The summed E-state index contributed by atoms with van der Waals surface area (Å²) in [7, 11) is 3.29. The summed E-state index contributed by atoms with van der Waals surface area (Å²) in [5, 5.41) is 4.04. The molecule has 0 N–H and O–H groups in total. The smallest absolute Gasteiger partial charge is 0.119 e. The second-order valence-corrected chi connectivity index (χ2v) is 17.3. The highest BCUT2D eigenvalue weighted by molar-refractivity contribution is 6.24. The van der Waals surface area contributed by atoms with Gasteiger partial charge in [-0.15, -0.1) is 0 Å². The van der Waals surface area contributed by atoms with Gasteiger partial charge >= 0.3 is 0 Å². The first kappa shape index (κ1) is 59.3. The molecule has 0 aliphatic rings. The van der Waals surface area contributed by atoms with Gasteiger partial charge in [0.1, 0.15) is 24.7 Å². The quantitative estimate of drug-likeness (QED) is 0.0158. The van der Waals surface area contributed by atoms with E-state index in [1.807, 2.05) is 84.9 Å². The van der Waals surface area contributed by atoms with Crippen molar-refractivity contribution in [1.29, 1.82) is 0 Å². The molecule has 1 heterocycles. The number of hydrogen-bond acceptors (Lipinski definition) is 16. The SMILES string of the molecule is COCCOCCOCCOCCOCCOCCOc1ccc(C#Cc2ccc3c(c2)c2cc(C#Cc4ccc(OCCOCCOCCOCCOCCOCCOC)cc4)ccc2c2nc4ccccc4nc32)cc1. The molecule has 414 valence electrons. The molecule has 0 bridgehead atoms. The van der Waals surface area contributed by atoms with Crippen molar-refractivity contribution in [3.05, 3.63) is 131 Å². The summed E-state index contributed by atoms with van der Waals surface area (Å²) in [5.41, 5.74) is 6.85. The van der Waals surface area contributed by atoms with Gasteiger partial charge < -0.3 is 66.3 Å². The van der Waals surface area contributed by atoms with Crippen LogP contribution < -0.4 is 9.47 Å². The summed E-state index contributed by atoms with van der Waals surface area (Å²) in [6.07, 6.45) is 0. The van der Waals surface area contributed by atoms with E-state index in [4.69, 9.17) is 76.3 Å². The Morgan fingerprint density at radius 2 is 0.551 bits per heavy atom. The molecule has 0 aliphatic carbocycles. The minimum Gasteiger partial charge on any atom is -0.491 e. The zero-order valence-electron chi connectivity index (χ0n) is 45.0. The van der Waals surface area contributed by atoms with E-state index in [0.717, 1.165) is 77.4 Å². The molecule has 7 rings (SSSR count). The number of para-hydroxylation sites is 2. The van der Waals surface area contributed by atoms with Crippen LogP contribution in [0.3, 0.4) is 0 Å². The van der Waals surface area contributed by atoms with Crippen LogP contribution in [0.25, 0.3) is 43.6 Å². The second-order valence-electron chi connectivity index (χ2n) is 17.3. The molecule has 0 saturated carbocycles. The Labute approximate surface area is 457 Å². The number of benzene rings is 6. The van der Waals surface area contributed by atoms with Crippen molar-refractivity contribution >= 4 is 43.6 Å². The van der Waals surface area contributed by atoms with Crippen LogP contribution in [0.2, 0.25) is 0 Å². The van der Waals surface area contributed by atoms with E-state index >= 15 is 0 Å². The maximum atomic E-state index is 5.90. The fraction of sp³-hybridized carbons (Fsp3) is 0.419. The number of fused-ring (bicyclic) bond motifs is 7. The Morgan fingerprint density at radius 3 is 0.859 bits per heavy atom. The molecule has 0 saturated heterocycles. The molecule has 0 spiro atoms. The molecule has 78 heavy (non-hydrogen) atoms. The molecule has 6 aromatic carbocycles. The Balaban J connectivity index is 0.850. The number of hydrogen-bond donors (Lipinski definition) is 0. The van der Waals surface area contributed by atoms with E-state index < -0.39 is 0 Å². The van der Waals surface area contributed by atoms with Gasteiger partial charge in [-0.05, 0) is 95.7 Å². The van der Waals surface area contributed by atoms with Crippen LogP contribution in [0.4, 0.5) is 0 Å². The number of ether oxygens (including phenoxy) is 14. The van der Waals surface area contributed by atoms with Crippen LogP contribution in [0.1, 0.15) is 22.3 Å². The van der Waals surface area contributed by atoms with E-state index in [2.05, 4.69) is 47.9 Å². The molecule has 0 amide bonds. The molecule has 7 aromatic rings. The lowest BCUT2D eigenvalue weighted by molar-refractivity contribution is -0.0159. The normalized spacial score (nSPS) is 11.3. The molecule has 0 fully saturated rings. The van der Waals surface area contributed by atoms with Gasteiger partial charge in [0, 0.05) is 47.2 Å². The van der Waals surface area contributed by atoms with Gasteiger partial charge in [0.05, 0.1) is 167 Å². The highest BCUT2D eigenvalue weighted by Crippen LogP contribution is 2.35. The zero-order valence-corrected chi connectivity index (χ0v) is 45.0. The summed E-state index contributed by atoms with van der Waals surface area (Å²) in [4.78, 5) is 10.2. The Bertz CT molecular complexity index is 2750. The molecule has 1 aromatic heterocycles. The van der Waals surface area contributed by atoms with Crippen molar-refractivity contribution in [3.8, 4) is 35.2 Å². The van der Waals surface area contributed by atoms with Crippen LogP contribution in [0.15, 0.2) is 109 Å². The predicted octanol–water partition coefficient (Wildman–Crippen LogP) is 8.11. The minimum atomic E-state index is 0.418. The summed E-state index contributed by atoms with van der Waals surface area (Å²) in [5.74, 6) is 14.9. The molecular formula is C62H72N2O14. The van der Waals surface area contributed by atoms with Gasteiger partial charge in [0.25, 0.3) is 0 Å². The standard InChI is InChI=1S/C62H72N2O14/c1-65-23-25-67-27-29-69-31-33-71-35-37-73-39-41-75-43-45-77-53-17-11-49(12-18-53)7-9-51-15-21-55-57(47-51)58-48-52(16-22-56(58)62-61(55)63-59-5-3-4-6-60(59)64-62)10-8-50-13-19-54(20-14-50)78-46-44-76-42-40-74-38-36-72-34-32-70-30-28-68-26-24-66-2/h3-6,11-22,47-48H,23-46H2,1-2H3. The van der Waals surface area contributed by atoms with Gasteiger partial charge in [-0.25, -0.2) is 9.97 Å². The first-order valence-electron chi connectivity index (χ1n) is 26.5. The zero-order chi connectivity index (χ0) is 53.9. The molecule has 0 aliphatic heterocycles. The van der Waals surface area contributed by atoms with E-state index in [-0.39, 0.29) is 0 Å². The minimum absolute atomic E-state index is 0.418. The van der Waals surface area contributed by atoms with E-state index in [1.54, 1.807) is 14.2 Å². The number of rotatable bonds is 38. The highest BCUT2D eigenvalue weighted by Gasteiger charge is 2.14. The molecule has 0 atom stereocenters. The third-order valence-electron chi connectivity index (χ3n) is 11.7. The number of methoxy groups -OCH3 is 2. The average molecular weight is 1070 g/mol. The van der Waals surface area contributed by atoms with Gasteiger partial charge in [-0.1, -0.05) is 47.9 Å². The fourth-order valence-electron chi connectivity index (χ4n) is 7.72. The van der Waals surface area contributed by atoms with Crippen molar-refractivity contribution in [2.75, 3.05) is 173 Å². The lowest BCUT2D eigenvalue weighted by Crippen LogP contribution is -2.14. The summed E-state index contributed by atoms with van der Waals surface area (Å²) >= 11 is 0. The van der Waals surface area contributed by atoms with Crippen molar-refractivity contribution < 1.29 is 66.3 Å². The molecule has 0 unspecified atom stereocenters. The number of aromatic nitrogens is 2. The van der Waals surface area contributed by atoms with Crippen LogP contribution >= 0.6 is 0 Å². The summed E-state index contributed by atoms with van der Waals surface area (Å²) in [6, 6.07) is 36.0.